The Bertz CT molecular complexity index is 1260. The lowest BCUT2D eigenvalue weighted by atomic mass is 9.77. The Hall–Kier alpha value is -3.79. The predicted molar refractivity (Wildman–Crippen MR) is 134 cm³/mol. The second-order valence-electron chi connectivity index (χ2n) is 8.99. The van der Waals surface area contributed by atoms with E-state index in [2.05, 4.69) is 5.32 Å². The SMILES string of the molecule is COC(=O)[C@H]1CC2=C(C(=O)OCc3ccc(OC)cc3)N3C(=O)[C@@H](NC(=O)Cc4ccccc4)[C@H]3S[C@H]21. The van der Waals surface area contributed by atoms with Crippen molar-refractivity contribution in [2.24, 2.45) is 5.92 Å². The number of benzene rings is 2. The normalized spacial score (nSPS) is 23.6. The minimum Gasteiger partial charge on any atom is -0.497 e. The van der Waals surface area contributed by atoms with E-state index < -0.39 is 23.3 Å². The van der Waals surface area contributed by atoms with Crippen molar-refractivity contribution in [2.75, 3.05) is 14.2 Å². The molecule has 0 aromatic heterocycles. The lowest BCUT2D eigenvalue weighted by Crippen LogP contribution is -2.72. The summed E-state index contributed by atoms with van der Waals surface area (Å²) in [4.78, 5) is 52.7. The van der Waals surface area contributed by atoms with Gasteiger partial charge in [0.2, 0.25) is 5.91 Å². The fraction of sp³-hybridized carbons (Fsp3) is 0.333. The molecule has 10 heteroatoms. The summed E-state index contributed by atoms with van der Waals surface area (Å²) in [5.41, 5.74) is 2.45. The molecule has 1 saturated heterocycles. The van der Waals surface area contributed by atoms with Gasteiger partial charge in [0, 0.05) is 5.25 Å². The van der Waals surface area contributed by atoms with Crippen LogP contribution in [0.2, 0.25) is 0 Å². The van der Waals surface area contributed by atoms with E-state index in [4.69, 9.17) is 14.2 Å². The number of fused-ring (bicyclic) bond motifs is 2. The molecule has 3 aliphatic rings. The van der Waals surface area contributed by atoms with Crippen molar-refractivity contribution in [1.82, 2.24) is 10.2 Å². The molecule has 2 aliphatic heterocycles. The van der Waals surface area contributed by atoms with Crippen LogP contribution in [0.15, 0.2) is 65.9 Å². The molecule has 0 unspecified atom stereocenters. The zero-order chi connectivity index (χ0) is 26.1. The molecular formula is C27H26N2O7S. The number of nitrogens with zero attached hydrogens (tertiary/aromatic N) is 1. The summed E-state index contributed by atoms with van der Waals surface area (Å²) in [5, 5.41) is 1.97. The zero-order valence-corrected chi connectivity index (χ0v) is 21.2. The van der Waals surface area contributed by atoms with E-state index in [1.165, 1.54) is 23.8 Å². The first-order chi connectivity index (χ1) is 17.9. The lowest BCUT2D eigenvalue weighted by molar-refractivity contribution is -0.154. The fourth-order valence-corrected chi connectivity index (χ4v) is 6.50. The largest absolute Gasteiger partial charge is 0.497 e. The summed E-state index contributed by atoms with van der Waals surface area (Å²) in [6.07, 6.45) is 0.451. The Labute approximate surface area is 218 Å². The highest BCUT2D eigenvalue weighted by molar-refractivity contribution is 8.01. The minimum absolute atomic E-state index is 0.0157. The van der Waals surface area contributed by atoms with Crippen LogP contribution >= 0.6 is 11.8 Å². The van der Waals surface area contributed by atoms with Gasteiger partial charge in [-0.1, -0.05) is 42.5 Å². The molecule has 4 atom stereocenters. The number of carbonyl (C=O) groups is 4. The van der Waals surface area contributed by atoms with E-state index in [1.54, 1.807) is 31.4 Å². The number of esters is 2. The molecule has 2 aromatic carbocycles. The molecule has 37 heavy (non-hydrogen) atoms. The molecule has 1 saturated carbocycles. The van der Waals surface area contributed by atoms with E-state index in [1.807, 2.05) is 30.3 Å². The summed E-state index contributed by atoms with van der Waals surface area (Å²) in [5.74, 6) is -1.40. The highest BCUT2D eigenvalue weighted by Gasteiger charge is 2.61. The van der Waals surface area contributed by atoms with Crippen LogP contribution in [0.3, 0.4) is 0 Å². The topological polar surface area (TPSA) is 111 Å². The second kappa shape index (κ2) is 10.3. The number of nitrogens with one attached hydrogen (secondary N) is 1. The first-order valence-corrected chi connectivity index (χ1v) is 12.8. The molecule has 2 amide bonds. The van der Waals surface area contributed by atoms with Crippen molar-refractivity contribution in [3.05, 3.63) is 77.0 Å². The molecule has 0 radical (unpaired) electrons. The number of rotatable bonds is 8. The molecule has 1 aliphatic carbocycles. The summed E-state index contributed by atoms with van der Waals surface area (Å²) in [6, 6.07) is 15.5. The van der Waals surface area contributed by atoms with Gasteiger partial charge in [-0.3, -0.25) is 19.3 Å². The second-order valence-corrected chi connectivity index (χ2v) is 10.3. The highest BCUT2D eigenvalue weighted by atomic mass is 32.2. The van der Waals surface area contributed by atoms with Crippen LogP contribution in [-0.4, -0.2) is 59.5 Å². The van der Waals surface area contributed by atoms with Gasteiger partial charge < -0.3 is 19.5 Å². The van der Waals surface area contributed by atoms with Crippen LogP contribution in [0.4, 0.5) is 0 Å². The van der Waals surface area contributed by atoms with Gasteiger partial charge in [-0.25, -0.2) is 4.79 Å². The molecule has 0 bridgehead atoms. The fourth-order valence-electron chi connectivity index (χ4n) is 4.76. The summed E-state index contributed by atoms with van der Waals surface area (Å²) < 4.78 is 15.6. The Morgan fingerprint density at radius 2 is 1.76 bits per heavy atom. The van der Waals surface area contributed by atoms with Crippen molar-refractivity contribution >= 4 is 35.5 Å². The quantitative estimate of drug-likeness (QED) is 0.415. The number of ether oxygens (including phenoxy) is 3. The third kappa shape index (κ3) is 4.69. The first-order valence-electron chi connectivity index (χ1n) is 11.8. The molecule has 1 N–H and O–H groups in total. The highest BCUT2D eigenvalue weighted by Crippen LogP contribution is 2.54. The number of amides is 2. The number of thioether (sulfide) groups is 1. The van der Waals surface area contributed by atoms with Gasteiger partial charge in [0.15, 0.2) is 0 Å². The van der Waals surface area contributed by atoms with Gasteiger partial charge in [0.05, 0.1) is 26.6 Å². The number of hydrogen-bond donors (Lipinski definition) is 1. The summed E-state index contributed by atoms with van der Waals surface area (Å²) >= 11 is 1.39. The molecule has 0 spiro atoms. The smallest absolute Gasteiger partial charge is 0.355 e. The zero-order valence-electron chi connectivity index (χ0n) is 20.3. The van der Waals surface area contributed by atoms with Gasteiger partial charge in [0.25, 0.3) is 5.91 Å². The molecule has 2 fully saturated rings. The van der Waals surface area contributed by atoms with E-state index in [9.17, 15) is 19.2 Å². The Morgan fingerprint density at radius 1 is 1.03 bits per heavy atom. The summed E-state index contributed by atoms with van der Waals surface area (Å²) in [7, 11) is 2.89. The van der Waals surface area contributed by atoms with Crippen LogP contribution in [0.25, 0.3) is 0 Å². The third-order valence-electron chi connectivity index (χ3n) is 6.77. The molecule has 2 aromatic rings. The van der Waals surface area contributed by atoms with Crippen molar-refractivity contribution in [2.45, 2.75) is 36.1 Å². The van der Waals surface area contributed by atoms with E-state index in [0.29, 0.717) is 17.7 Å². The monoisotopic (exact) mass is 522 g/mol. The number of β-lactam (4-membered cyclic amide) rings is 1. The predicted octanol–water partition coefficient (Wildman–Crippen LogP) is 2.20. The first kappa shape index (κ1) is 24.9. The summed E-state index contributed by atoms with van der Waals surface area (Å²) in [6.45, 7) is 0.0157. The minimum atomic E-state index is -0.800. The van der Waals surface area contributed by atoms with Gasteiger partial charge in [-0.2, -0.15) is 0 Å². The maximum Gasteiger partial charge on any atom is 0.355 e. The van der Waals surface area contributed by atoms with Crippen LogP contribution in [0.5, 0.6) is 5.75 Å². The average Bonchev–Trinajstić information content (AvgIpc) is 2.91. The standard InChI is InChI=1S/C27H26N2O7S/c1-34-17-10-8-16(9-11-17)14-36-27(33)22-18-13-19(26(32)35-2)23(18)37-25-21(24(31)29(22)25)28-20(30)12-15-6-4-3-5-7-15/h3-11,19,21,23,25H,12-14H2,1-2H3,(H,28,30)/t19-,21+,23+,25+/m0/s1. The van der Waals surface area contributed by atoms with Crippen molar-refractivity contribution in [3.63, 3.8) is 0 Å². The third-order valence-corrected chi connectivity index (χ3v) is 8.44. The molecule has 192 valence electrons. The van der Waals surface area contributed by atoms with Crippen LogP contribution in [0, 0.1) is 5.92 Å². The van der Waals surface area contributed by atoms with Gasteiger partial charge in [-0.05, 0) is 35.3 Å². The van der Waals surface area contributed by atoms with Crippen molar-refractivity contribution < 1.29 is 33.4 Å². The Balaban J connectivity index is 1.32. The van der Waals surface area contributed by atoms with Crippen LogP contribution in [0.1, 0.15) is 17.5 Å². The van der Waals surface area contributed by atoms with Crippen LogP contribution in [-0.2, 0) is 41.7 Å². The Morgan fingerprint density at radius 3 is 2.43 bits per heavy atom. The van der Waals surface area contributed by atoms with Crippen molar-refractivity contribution in [3.8, 4) is 5.75 Å². The van der Waals surface area contributed by atoms with Crippen LogP contribution < -0.4 is 10.1 Å². The molecule has 5 rings (SSSR count). The molecule has 2 heterocycles. The Kier molecular flexibility index (Phi) is 6.92. The number of carbonyl (C=O) groups excluding carboxylic acids is 4. The number of methoxy groups -OCH3 is 2. The molecule has 9 nitrogen and oxygen atoms in total. The van der Waals surface area contributed by atoms with E-state index in [-0.39, 0.29) is 41.8 Å². The van der Waals surface area contributed by atoms with Gasteiger partial charge in [-0.15, -0.1) is 11.8 Å². The van der Waals surface area contributed by atoms with E-state index in [0.717, 1.165) is 11.1 Å². The van der Waals surface area contributed by atoms with Gasteiger partial charge >= 0.3 is 11.9 Å². The number of hydrogen-bond acceptors (Lipinski definition) is 8. The lowest BCUT2D eigenvalue weighted by Gasteiger charge is -2.55. The van der Waals surface area contributed by atoms with E-state index >= 15 is 0 Å². The maximum atomic E-state index is 13.2. The average molecular weight is 523 g/mol. The molecular weight excluding hydrogens is 496 g/mol. The van der Waals surface area contributed by atoms with Crippen molar-refractivity contribution in [1.29, 1.82) is 0 Å². The maximum absolute atomic E-state index is 13.2. The van der Waals surface area contributed by atoms with Gasteiger partial charge in [0.1, 0.15) is 29.5 Å².